The minimum atomic E-state index is 0.195. The summed E-state index contributed by atoms with van der Waals surface area (Å²) >= 11 is 1.66. The summed E-state index contributed by atoms with van der Waals surface area (Å²) in [6.45, 7) is 4.03. The Balaban J connectivity index is 2.04. The van der Waals surface area contributed by atoms with Crippen molar-refractivity contribution in [1.82, 2.24) is 0 Å². The highest BCUT2D eigenvalue weighted by Gasteiger charge is 2.00. The summed E-state index contributed by atoms with van der Waals surface area (Å²) in [6, 6.07) is 15.2. The molecule has 0 aliphatic carbocycles. The predicted molar refractivity (Wildman–Crippen MR) is 74.4 cm³/mol. The van der Waals surface area contributed by atoms with Crippen LogP contribution in [0.5, 0.6) is 11.5 Å². The molecule has 0 atom stereocenters. The lowest BCUT2D eigenvalue weighted by Gasteiger charge is -2.09. The quantitative estimate of drug-likeness (QED) is 0.887. The Bertz CT molecular complexity index is 489. The molecular weight excluding hydrogens is 244 g/mol. The fraction of sp³-hybridized carbons (Fsp3) is 0.200. The molecule has 0 saturated carbocycles. The summed E-state index contributed by atoms with van der Waals surface area (Å²) in [4.78, 5) is 2.25. The molecule has 1 N–H and O–H groups in total. The van der Waals surface area contributed by atoms with Gasteiger partial charge in [-0.05, 0) is 62.4 Å². The Kier molecular flexibility index (Phi) is 4.15. The topological polar surface area (TPSA) is 29.5 Å². The molecule has 2 aromatic carbocycles. The van der Waals surface area contributed by atoms with Crippen LogP contribution >= 0.6 is 11.8 Å². The van der Waals surface area contributed by atoms with Crippen LogP contribution in [0.1, 0.15) is 13.8 Å². The van der Waals surface area contributed by atoms with Gasteiger partial charge in [-0.25, -0.2) is 0 Å². The minimum Gasteiger partial charge on any atom is -0.508 e. The summed E-state index contributed by atoms with van der Waals surface area (Å²) in [5.41, 5.74) is 0. The third kappa shape index (κ3) is 3.70. The Labute approximate surface area is 112 Å². The van der Waals surface area contributed by atoms with E-state index in [-0.39, 0.29) is 6.10 Å². The van der Waals surface area contributed by atoms with Crippen LogP contribution in [0.4, 0.5) is 0 Å². The zero-order valence-corrected chi connectivity index (χ0v) is 11.3. The van der Waals surface area contributed by atoms with Crippen molar-refractivity contribution in [3.05, 3.63) is 48.5 Å². The van der Waals surface area contributed by atoms with E-state index in [9.17, 15) is 5.11 Å². The molecule has 0 fully saturated rings. The van der Waals surface area contributed by atoms with Crippen LogP contribution in [0.25, 0.3) is 0 Å². The molecule has 0 aliphatic heterocycles. The Morgan fingerprint density at radius 3 is 1.89 bits per heavy atom. The lowest BCUT2D eigenvalue weighted by Crippen LogP contribution is -2.04. The van der Waals surface area contributed by atoms with Crippen molar-refractivity contribution in [3.8, 4) is 11.5 Å². The summed E-state index contributed by atoms with van der Waals surface area (Å²) in [6.07, 6.45) is 0.195. The van der Waals surface area contributed by atoms with Gasteiger partial charge in [0.15, 0.2) is 0 Å². The fourth-order valence-corrected chi connectivity index (χ4v) is 2.33. The van der Waals surface area contributed by atoms with Crippen LogP contribution in [0.3, 0.4) is 0 Å². The van der Waals surface area contributed by atoms with E-state index < -0.39 is 0 Å². The number of benzene rings is 2. The van der Waals surface area contributed by atoms with Crippen LogP contribution in [0.15, 0.2) is 58.3 Å². The zero-order chi connectivity index (χ0) is 13.0. The first-order chi connectivity index (χ1) is 8.63. The number of aromatic hydroxyl groups is 1. The second-order valence-corrected chi connectivity index (χ2v) is 5.38. The summed E-state index contributed by atoms with van der Waals surface area (Å²) in [5, 5.41) is 9.22. The highest BCUT2D eigenvalue weighted by molar-refractivity contribution is 7.99. The zero-order valence-electron chi connectivity index (χ0n) is 10.5. The van der Waals surface area contributed by atoms with Crippen molar-refractivity contribution in [2.75, 3.05) is 0 Å². The van der Waals surface area contributed by atoms with Crippen molar-refractivity contribution in [3.63, 3.8) is 0 Å². The van der Waals surface area contributed by atoms with Gasteiger partial charge in [0.05, 0.1) is 6.10 Å². The molecule has 0 amide bonds. The van der Waals surface area contributed by atoms with Crippen molar-refractivity contribution >= 4 is 11.8 Å². The maximum Gasteiger partial charge on any atom is 0.119 e. The molecule has 94 valence electrons. The molecule has 3 heteroatoms. The normalized spacial score (nSPS) is 10.6. The molecule has 2 nitrogen and oxygen atoms in total. The summed E-state index contributed by atoms with van der Waals surface area (Å²) in [5.74, 6) is 1.18. The van der Waals surface area contributed by atoms with Gasteiger partial charge in [0.2, 0.25) is 0 Å². The number of rotatable bonds is 4. The number of hydrogen-bond donors (Lipinski definition) is 1. The van der Waals surface area contributed by atoms with E-state index in [0.717, 1.165) is 15.5 Å². The van der Waals surface area contributed by atoms with Gasteiger partial charge < -0.3 is 9.84 Å². The first-order valence-electron chi connectivity index (χ1n) is 5.87. The predicted octanol–water partition coefficient (Wildman–Crippen LogP) is 4.33. The first-order valence-corrected chi connectivity index (χ1v) is 6.69. The summed E-state index contributed by atoms with van der Waals surface area (Å²) < 4.78 is 5.59. The maximum absolute atomic E-state index is 9.22. The highest BCUT2D eigenvalue weighted by atomic mass is 32.2. The molecule has 0 spiro atoms. The minimum absolute atomic E-state index is 0.195. The average molecular weight is 260 g/mol. The largest absolute Gasteiger partial charge is 0.508 e. The van der Waals surface area contributed by atoms with Gasteiger partial charge in [-0.1, -0.05) is 11.8 Å². The number of phenols is 1. The van der Waals surface area contributed by atoms with Crippen molar-refractivity contribution in [2.45, 2.75) is 29.7 Å². The molecule has 2 aromatic rings. The third-order valence-electron chi connectivity index (χ3n) is 2.27. The molecule has 0 unspecified atom stereocenters. The van der Waals surface area contributed by atoms with E-state index in [0.29, 0.717) is 5.75 Å². The van der Waals surface area contributed by atoms with Gasteiger partial charge in [-0.2, -0.15) is 0 Å². The van der Waals surface area contributed by atoms with Gasteiger partial charge >= 0.3 is 0 Å². The maximum atomic E-state index is 9.22. The number of hydrogen-bond acceptors (Lipinski definition) is 3. The van der Waals surface area contributed by atoms with Gasteiger partial charge in [0.25, 0.3) is 0 Å². The third-order valence-corrected chi connectivity index (χ3v) is 3.28. The lowest BCUT2D eigenvalue weighted by atomic mass is 10.3. The molecule has 0 heterocycles. The average Bonchev–Trinajstić information content (AvgIpc) is 2.34. The van der Waals surface area contributed by atoms with Crippen LogP contribution in [-0.4, -0.2) is 11.2 Å². The van der Waals surface area contributed by atoms with Gasteiger partial charge in [-0.3, -0.25) is 0 Å². The fourth-order valence-electron chi connectivity index (χ4n) is 1.51. The van der Waals surface area contributed by atoms with E-state index >= 15 is 0 Å². The van der Waals surface area contributed by atoms with Crippen LogP contribution < -0.4 is 4.74 Å². The monoisotopic (exact) mass is 260 g/mol. The van der Waals surface area contributed by atoms with Crippen molar-refractivity contribution < 1.29 is 9.84 Å². The smallest absolute Gasteiger partial charge is 0.119 e. The molecule has 0 radical (unpaired) electrons. The van der Waals surface area contributed by atoms with E-state index in [2.05, 4.69) is 0 Å². The molecule has 0 saturated heterocycles. The van der Waals surface area contributed by atoms with Crippen LogP contribution in [-0.2, 0) is 0 Å². The molecule has 2 rings (SSSR count). The molecule has 0 aliphatic rings. The van der Waals surface area contributed by atoms with E-state index in [4.69, 9.17) is 4.74 Å². The number of phenolic OH excluding ortho intramolecular Hbond substituents is 1. The van der Waals surface area contributed by atoms with Crippen molar-refractivity contribution in [2.24, 2.45) is 0 Å². The van der Waals surface area contributed by atoms with Gasteiger partial charge in [-0.15, -0.1) is 0 Å². The summed E-state index contributed by atoms with van der Waals surface area (Å²) in [7, 11) is 0. The second kappa shape index (κ2) is 5.83. The van der Waals surface area contributed by atoms with Gasteiger partial charge in [0, 0.05) is 9.79 Å². The Morgan fingerprint density at radius 1 is 0.889 bits per heavy atom. The number of ether oxygens (including phenoxy) is 1. The SMILES string of the molecule is CC(C)Oc1ccc(Sc2ccc(O)cc2)cc1. The van der Waals surface area contributed by atoms with E-state index in [1.807, 2.05) is 50.2 Å². The Hall–Kier alpha value is -1.61. The van der Waals surface area contributed by atoms with Crippen LogP contribution in [0.2, 0.25) is 0 Å². The first kappa shape index (κ1) is 12.8. The molecule has 0 bridgehead atoms. The lowest BCUT2D eigenvalue weighted by molar-refractivity contribution is 0.242. The van der Waals surface area contributed by atoms with E-state index in [1.165, 1.54) is 0 Å². The molecular formula is C15H16O2S. The molecule has 18 heavy (non-hydrogen) atoms. The Morgan fingerprint density at radius 2 is 1.39 bits per heavy atom. The van der Waals surface area contributed by atoms with Crippen LogP contribution in [0, 0.1) is 0 Å². The molecule has 0 aromatic heterocycles. The second-order valence-electron chi connectivity index (χ2n) is 4.23. The van der Waals surface area contributed by atoms with E-state index in [1.54, 1.807) is 23.9 Å². The standard InChI is InChI=1S/C15H16O2S/c1-11(2)17-13-5-9-15(10-6-13)18-14-7-3-12(16)4-8-14/h3-11,16H,1-2H3. The highest BCUT2D eigenvalue weighted by Crippen LogP contribution is 2.30. The van der Waals surface area contributed by atoms with Gasteiger partial charge in [0.1, 0.15) is 11.5 Å². The van der Waals surface area contributed by atoms with Crippen molar-refractivity contribution in [1.29, 1.82) is 0 Å².